The fourth-order valence-corrected chi connectivity index (χ4v) is 1.24. The van der Waals surface area contributed by atoms with Crippen molar-refractivity contribution in [3.63, 3.8) is 0 Å². The molecule has 1 radical (unpaired) electrons. The summed E-state index contributed by atoms with van der Waals surface area (Å²) < 4.78 is 59.6. The van der Waals surface area contributed by atoms with E-state index in [1.165, 1.54) is 12.1 Å². The standard InChI is InChI=1S/C6H4F5S/c7-12(8,9,10,11)6-4-2-1-3-5-6/h1-4H. The van der Waals surface area contributed by atoms with Crippen LogP contribution in [0.25, 0.3) is 0 Å². The van der Waals surface area contributed by atoms with Gasteiger partial charge in [-0.1, -0.05) is 37.6 Å². The summed E-state index contributed by atoms with van der Waals surface area (Å²) in [6.45, 7) is 0. The first-order valence-corrected chi connectivity index (χ1v) is 4.75. The van der Waals surface area contributed by atoms with Gasteiger partial charge in [0.15, 0.2) is 0 Å². The summed E-state index contributed by atoms with van der Waals surface area (Å²) in [6.07, 6.45) is 0. The summed E-state index contributed by atoms with van der Waals surface area (Å²) in [7, 11) is -9.48. The normalized spacial score (nSPS) is 18.1. The average Bonchev–Trinajstić information content (AvgIpc) is 1.85. The molecule has 0 aliphatic rings. The zero-order chi connectivity index (χ0) is 9.52. The van der Waals surface area contributed by atoms with Crippen LogP contribution < -0.4 is 0 Å². The zero-order valence-electron chi connectivity index (χ0n) is 5.61. The van der Waals surface area contributed by atoms with Crippen LogP contribution >= 0.6 is 10.2 Å². The van der Waals surface area contributed by atoms with Crippen molar-refractivity contribution >= 4 is 10.2 Å². The summed E-state index contributed by atoms with van der Waals surface area (Å²) in [5.41, 5.74) is 0. The van der Waals surface area contributed by atoms with Crippen molar-refractivity contribution < 1.29 is 19.4 Å². The number of rotatable bonds is 1. The molecule has 0 bridgehead atoms. The molecule has 0 unspecified atom stereocenters. The van der Waals surface area contributed by atoms with E-state index in [-0.39, 0.29) is 0 Å². The second-order valence-corrected chi connectivity index (χ2v) is 4.57. The van der Waals surface area contributed by atoms with Crippen LogP contribution in [0.1, 0.15) is 0 Å². The fraction of sp³-hybridized carbons (Fsp3) is 0. The molecule has 0 saturated heterocycles. The lowest BCUT2D eigenvalue weighted by molar-refractivity contribution is 0.363. The summed E-state index contributed by atoms with van der Waals surface area (Å²) in [5.74, 6) is 0. The third-order valence-corrected chi connectivity index (χ3v) is 2.18. The third-order valence-electron chi connectivity index (χ3n) is 1.10. The highest BCUT2D eigenvalue weighted by Gasteiger charge is 2.65. The van der Waals surface area contributed by atoms with Gasteiger partial charge in [0.25, 0.3) is 0 Å². The molecule has 1 aromatic carbocycles. The minimum absolute atomic E-state index is 0.307. The van der Waals surface area contributed by atoms with Crippen molar-refractivity contribution in [2.45, 2.75) is 4.90 Å². The van der Waals surface area contributed by atoms with Crippen molar-refractivity contribution in [2.75, 3.05) is 0 Å². The first-order valence-electron chi connectivity index (χ1n) is 2.80. The molecule has 0 spiro atoms. The van der Waals surface area contributed by atoms with Gasteiger partial charge in [-0.2, -0.15) is 0 Å². The molecule has 0 fully saturated rings. The van der Waals surface area contributed by atoms with E-state index in [1.807, 2.05) is 0 Å². The van der Waals surface area contributed by atoms with Crippen molar-refractivity contribution in [2.24, 2.45) is 0 Å². The maximum Gasteiger partial charge on any atom is 0.311 e. The Labute approximate surface area is 65.7 Å². The molecule has 0 aliphatic heterocycles. The molecule has 1 aromatic rings. The van der Waals surface area contributed by atoms with Gasteiger partial charge >= 0.3 is 10.2 Å². The van der Waals surface area contributed by atoms with Crippen molar-refractivity contribution in [3.8, 4) is 0 Å². The first-order chi connectivity index (χ1) is 5.09. The average molecular weight is 203 g/mol. The van der Waals surface area contributed by atoms with Crippen LogP contribution in [0, 0.1) is 6.07 Å². The van der Waals surface area contributed by atoms with Gasteiger partial charge in [0, 0.05) is 6.07 Å². The predicted molar refractivity (Wildman–Crippen MR) is 36.7 cm³/mol. The van der Waals surface area contributed by atoms with Crippen LogP contribution in [0.2, 0.25) is 0 Å². The number of hydrogen-bond acceptors (Lipinski definition) is 0. The summed E-state index contributed by atoms with van der Waals surface area (Å²) >= 11 is 0. The highest BCUT2D eigenvalue weighted by molar-refractivity contribution is 8.45. The Morgan fingerprint density at radius 3 is 1.83 bits per heavy atom. The number of hydrogen-bond donors (Lipinski definition) is 0. The molecule has 0 atom stereocenters. The summed E-state index contributed by atoms with van der Waals surface area (Å²) in [6, 6.07) is 4.65. The molecule has 0 N–H and O–H groups in total. The van der Waals surface area contributed by atoms with E-state index in [4.69, 9.17) is 0 Å². The Kier molecular flexibility index (Phi) is 1.37. The van der Waals surface area contributed by atoms with Crippen LogP contribution in [0.5, 0.6) is 0 Å². The minimum atomic E-state index is -9.48. The van der Waals surface area contributed by atoms with E-state index >= 15 is 0 Å². The van der Waals surface area contributed by atoms with Gasteiger partial charge in [0.1, 0.15) is 4.90 Å². The second-order valence-electron chi connectivity index (χ2n) is 2.20. The quantitative estimate of drug-likeness (QED) is 0.601. The van der Waals surface area contributed by atoms with Crippen LogP contribution in [-0.4, -0.2) is 0 Å². The molecule has 0 saturated carbocycles. The Morgan fingerprint density at radius 1 is 1.00 bits per heavy atom. The van der Waals surface area contributed by atoms with Gasteiger partial charge in [-0.05, 0) is 6.07 Å². The van der Waals surface area contributed by atoms with Crippen molar-refractivity contribution in [1.29, 1.82) is 0 Å². The monoisotopic (exact) mass is 203 g/mol. The number of benzene rings is 1. The Bertz CT molecular complexity index is 285. The van der Waals surface area contributed by atoms with Gasteiger partial charge in [-0.25, -0.2) is 0 Å². The number of halogens is 5. The first kappa shape index (κ1) is 9.31. The fourth-order valence-electron chi connectivity index (χ4n) is 0.617. The van der Waals surface area contributed by atoms with E-state index in [2.05, 4.69) is 0 Å². The molecule has 0 aliphatic carbocycles. The van der Waals surface area contributed by atoms with Gasteiger partial charge in [-0.3, -0.25) is 0 Å². The molecular formula is C6H4F5S. The van der Waals surface area contributed by atoms with Gasteiger partial charge in [-0.15, -0.1) is 0 Å². The van der Waals surface area contributed by atoms with Crippen LogP contribution in [0.15, 0.2) is 29.2 Å². The topological polar surface area (TPSA) is 0 Å². The molecule has 0 amide bonds. The molecular weight excluding hydrogens is 199 g/mol. The maximum atomic E-state index is 11.9. The summed E-state index contributed by atoms with van der Waals surface area (Å²) in [4.78, 5) is -1.97. The molecule has 69 valence electrons. The van der Waals surface area contributed by atoms with Gasteiger partial charge < -0.3 is 0 Å². The molecule has 6 heteroatoms. The highest BCUT2D eigenvalue weighted by Crippen LogP contribution is 3.01. The predicted octanol–water partition coefficient (Wildman–Crippen LogP) is 4.14. The van der Waals surface area contributed by atoms with Crippen LogP contribution in [0.4, 0.5) is 19.4 Å². The molecule has 0 heterocycles. The third kappa shape index (κ3) is 2.10. The van der Waals surface area contributed by atoms with Crippen molar-refractivity contribution in [3.05, 3.63) is 30.3 Å². The second kappa shape index (κ2) is 1.76. The van der Waals surface area contributed by atoms with E-state index in [0.29, 0.717) is 6.07 Å². The Morgan fingerprint density at radius 2 is 1.58 bits per heavy atom. The lowest BCUT2D eigenvalue weighted by atomic mass is 10.4. The largest absolute Gasteiger partial charge is 0.311 e. The molecule has 0 aromatic heterocycles. The van der Waals surface area contributed by atoms with E-state index in [1.54, 1.807) is 0 Å². The highest BCUT2D eigenvalue weighted by atomic mass is 32.5. The minimum Gasteiger partial charge on any atom is -0.0936 e. The van der Waals surface area contributed by atoms with E-state index < -0.39 is 15.1 Å². The SMILES string of the molecule is FS(F)(F)(F)(F)c1[c]cccc1. The van der Waals surface area contributed by atoms with E-state index in [9.17, 15) is 19.4 Å². The van der Waals surface area contributed by atoms with Gasteiger partial charge in [0.2, 0.25) is 0 Å². The molecule has 1 rings (SSSR count). The molecule has 0 nitrogen and oxygen atoms in total. The smallest absolute Gasteiger partial charge is 0.0936 e. The van der Waals surface area contributed by atoms with Crippen molar-refractivity contribution in [1.82, 2.24) is 0 Å². The molecule has 12 heavy (non-hydrogen) atoms. The zero-order valence-corrected chi connectivity index (χ0v) is 6.42. The lowest BCUT2D eigenvalue weighted by Gasteiger charge is -2.40. The van der Waals surface area contributed by atoms with Gasteiger partial charge in [0.05, 0.1) is 0 Å². The van der Waals surface area contributed by atoms with Crippen LogP contribution in [-0.2, 0) is 0 Å². The maximum absolute atomic E-state index is 11.9. The lowest BCUT2D eigenvalue weighted by Crippen LogP contribution is -2.05. The van der Waals surface area contributed by atoms with Crippen LogP contribution in [0.3, 0.4) is 0 Å². The Balaban J connectivity index is 3.36. The van der Waals surface area contributed by atoms with E-state index in [0.717, 1.165) is 12.1 Å². The Hall–Kier alpha value is -0.780. The summed E-state index contributed by atoms with van der Waals surface area (Å²) in [5, 5.41) is 0.